The van der Waals surface area contributed by atoms with E-state index in [4.69, 9.17) is 14.6 Å². The van der Waals surface area contributed by atoms with Crippen LogP contribution in [0, 0.1) is 5.41 Å². The van der Waals surface area contributed by atoms with E-state index in [-0.39, 0.29) is 12.0 Å². The first-order valence-corrected chi connectivity index (χ1v) is 10.4. The Kier molecular flexibility index (Phi) is 5.85. The summed E-state index contributed by atoms with van der Waals surface area (Å²) in [5, 5.41) is 8.62. The summed E-state index contributed by atoms with van der Waals surface area (Å²) in [5.74, 6) is -1.44. The number of fused-ring (bicyclic) bond motifs is 3. The van der Waals surface area contributed by atoms with Gasteiger partial charge >= 0.3 is 21.6 Å². The second-order valence-corrected chi connectivity index (χ2v) is 9.03. The highest BCUT2D eigenvalue weighted by Crippen LogP contribution is 2.55. The molecule has 4 rings (SSSR count). The molecular formula is C18H21F3O7S. The van der Waals surface area contributed by atoms with E-state index in [0.29, 0.717) is 38.0 Å². The molecule has 2 heterocycles. The van der Waals surface area contributed by atoms with Crippen LogP contribution >= 0.6 is 0 Å². The number of aliphatic carboxylic acids is 1. The minimum absolute atomic E-state index is 0.117. The van der Waals surface area contributed by atoms with Gasteiger partial charge in [0, 0.05) is 6.61 Å². The fourth-order valence-corrected chi connectivity index (χ4v) is 4.36. The average molecular weight is 438 g/mol. The summed E-state index contributed by atoms with van der Waals surface area (Å²) in [4.78, 5) is 10.5. The fourth-order valence-electron chi connectivity index (χ4n) is 3.91. The summed E-state index contributed by atoms with van der Waals surface area (Å²) in [6.07, 6.45) is 3.46. The first-order chi connectivity index (χ1) is 13.5. The van der Waals surface area contributed by atoms with Crippen molar-refractivity contribution >= 4 is 16.1 Å². The molecule has 2 aliphatic heterocycles. The molecule has 11 heteroatoms. The first kappa shape index (κ1) is 21.8. The number of alkyl halides is 3. The van der Waals surface area contributed by atoms with Crippen molar-refractivity contribution in [2.24, 2.45) is 5.41 Å². The zero-order chi connectivity index (χ0) is 21.3. The third-order valence-corrected chi connectivity index (χ3v) is 6.60. The Hall–Kier alpha value is -1.85. The van der Waals surface area contributed by atoms with E-state index in [9.17, 15) is 26.4 Å². The van der Waals surface area contributed by atoms with Crippen molar-refractivity contribution in [1.82, 2.24) is 0 Å². The van der Waals surface area contributed by atoms with E-state index in [2.05, 4.69) is 4.18 Å². The normalized spacial score (nSPS) is 27.0. The van der Waals surface area contributed by atoms with Gasteiger partial charge in [-0.1, -0.05) is 12.1 Å². The standard InChI is InChI=1S/C18H21F3O7S/c19-18(20,21)29(24,25)28-14-3-1-2-13(10-14)17-6-4-16(5-7-17,12-27-17)8-9-26-11-15(22)23/h1-3,10H,4-9,11-12H2,(H,22,23). The average Bonchev–Trinajstić information content (AvgIpc) is 2.66. The Morgan fingerprint density at radius 3 is 2.45 bits per heavy atom. The molecule has 0 spiro atoms. The lowest BCUT2D eigenvalue weighted by Gasteiger charge is -2.53. The molecule has 1 aromatic rings. The van der Waals surface area contributed by atoms with Crippen LogP contribution in [-0.4, -0.2) is 44.8 Å². The van der Waals surface area contributed by atoms with Crippen LogP contribution in [0.2, 0.25) is 0 Å². The van der Waals surface area contributed by atoms with Gasteiger partial charge in [0.1, 0.15) is 12.4 Å². The topological polar surface area (TPSA) is 99.1 Å². The molecule has 7 nitrogen and oxygen atoms in total. The summed E-state index contributed by atoms with van der Waals surface area (Å²) in [6, 6.07) is 5.54. The van der Waals surface area contributed by atoms with Gasteiger partial charge in [-0.3, -0.25) is 0 Å². The van der Waals surface area contributed by atoms with Gasteiger partial charge in [-0.25, -0.2) is 4.79 Å². The lowest BCUT2D eigenvalue weighted by atomic mass is 9.63. The van der Waals surface area contributed by atoms with Gasteiger partial charge in [-0.15, -0.1) is 0 Å². The zero-order valence-electron chi connectivity index (χ0n) is 15.4. The minimum Gasteiger partial charge on any atom is -0.480 e. The molecular weight excluding hydrogens is 417 g/mol. The summed E-state index contributed by atoms with van der Waals surface area (Å²) >= 11 is 0. The lowest BCUT2D eigenvalue weighted by Crippen LogP contribution is -2.49. The Balaban J connectivity index is 1.67. The molecule has 2 saturated heterocycles. The second kappa shape index (κ2) is 7.77. The van der Waals surface area contributed by atoms with Crippen molar-refractivity contribution in [3.8, 4) is 5.75 Å². The number of ether oxygens (including phenoxy) is 2. The molecule has 3 aliphatic rings. The molecule has 29 heavy (non-hydrogen) atoms. The molecule has 162 valence electrons. The van der Waals surface area contributed by atoms with Gasteiger partial charge < -0.3 is 18.8 Å². The third kappa shape index (κ3) is 4.67. The van der Waals surface area contributed by atoms with Crippen molar-refractivity contribution in [1.29, 1.82) is 0 Å². The van der Waals surface area contributed by atoms with E-state index >= 15 is 0 Å². The monoisotopic (exact) mass is 438 g/mol. The molecule has 0 atom stereocenters. The summed E-state index contributed by atoms with van der Waals surface area (Å²) in [7, 11) is -5.74. The van der Waals surface area contributed by atoms with Crippen molar-refractivity contribution < 1.29 is 45.1 Å². The molecule has 1 N–H and O–H groups in total. The number of carboxylic acid groups (broad SMARTS) is 1. The highest BCUT2D eigenvalue weighted by atomic mass is 32.2. The molecule has 1 aromatic carbocycles. The Morgan fingerprint density at radius 1 is 1.21 bits per heavy atom. The number of hydrogen-bond acceptors (Lipinski definition) is 6. The Labute approximate surface area is 165 Å². The molecule has 1 saturated carbocycles. The highest BCUT2D eigenvalue weighted by molar-refractivity contribution is 7.88. The summed E-state index contributed by atoms with van der Waals surface area (Å²) in [6.45, 7) is 0.366. The van der Waals surface area contributed by atoms with Crippen LogP contribution < -0.4 is 4.18 Å². The van der Waals surface area contributed by atoms with E-state index < -0.39 is 32.9 Å². The number of carboxylic acids is 1. The van der Waals surface area contributed by atoms with Gasteiger partial charge in [0.2, 0.25) is 0 Å². The van der Waals surface area contributed by atoms with Crippen molar-refractivity contribution in [2.45, 2.75) is 43.2 Å². The number of benzene rings is 1. The van der Waals surface area contributed by atoms with Crippen molar-refractivity contribution in [3.05, 3.63) is 29.8 Å². The first-order valence-electron chi connectivity index (χ1n) is 9.02. The van der Waals surface area contributed by atoms with E-state index in [1.807, 2.05) is 0 Å². The van der Waals surface area contributed by atoms with Crippen LogP contribution in [-0.2, 0) is 30.0 Å². The highest BCUT2D eigenvalue weighted by Gasteiger charge is 2.51. The largest absolute Gasteiger partial charge is 0.534 e. The smallest absolute Gasteiger partial charge is 0.480 e. The van der Waals surface area contributed by atoms with Gasteiger partial charge in [0.05, 0.1) is 12.2 Å². The maximum absolute atomic E-state index is 12.6. The van der Waals surface area contributed by atoms with Crippen molar-refractivity contribution in [3.63, 3.8) is 0 Å². The van der Waals surface area contributed by atoms with Crippen LogP contribution in [0.25, 0.3) is 0 Å². The fraction of sp³-hybridized carbons (Fsp3) is 0.611. The number of halogens is 3. The van der Waals surface area contributed by atoms with E-state index in [1.54, 1.807) is 6.07 Å². The molecule has 0 aromatic heterocycles. The Bertz CT molecular complexity index is 842. The van der Waals surface area contributed by atoms with Gasteiger partial charge in [0.25, 0.3) is 0 Å². The number of hydrogen-bond donors (Lipinski definition) is 1. The quantitative estimate of drug-likeness (QED) is 0.378. The molecule has 0 unspecified atom stereocenters. The number of rotatable bonds is 8. The van der Waals surface area contributed by atoms with Crippen molar-refractivity contribution in [2.75, 3.05) is 19.8 Å². The molecule has 0 amide bonds. The maximum atomic E-state index is 12.6. The predicted molar refractivity (Wildman–Crippen MR) is 93.6 cm³/mol. The molecule has 0 radical (unpaired) electrons. The second-order valence-electron chi connectivity index (χ2n) is 7.49. The van der Waals surface area contributed by atoms with Crippen LogP contribution in [0.4, 0.5) is 13.2 Å². The SMILES string of the molecule is O=C(O)COCCC12CCC(c3cccc(OS(=O)(=O)C(F)(F)F)c3)(CC1)OC2. The van der Waals surface area contributed by atoms with Crippen LogP contribution in [0.15, 0.2) is 24.3 Å². The van der Waals surface area contributed by atoms with E-state index in [0.717, 1.165) is 18.9 Å². The molecule has 2 bridgehead atoms. The zero-order valence-corrected chi connectivity index (χ0v) is 16.2. The third-order valence-electron chi connectivity index (χ3n) is 5.62. The molecule has 3 fully saturated rings. The van der Waals surface area contributed by atoms with Gasteiger partial charge in [0.15, 0.2) is 0 Å². The Morgan fingerprint density at radius 2 is 1.90 bits per heavy atom. The summed E-state index contributed by atoms with van der Waals surface area (Å²) in [5.41, 5.74) is -5.75. The lowest BCUT2D eigenvalue weighted by molar-refractivity contribution is -0.194. The van der Waals surface area contributed by atoms with Gasteiger partial charge in [-0.05, 0) is 55.2 Å². The van der Waals surface area contributed by atoms with Gasteiger partial charge in [-0.2, -0.15) is 21.6 Å². The minimum atomic E-state index is -5.74. The number of carbonyl (C=O) groups is 1. The van der Waals surface area contributed by atoms with Crippen LogP contribution in [0.1, 0.15) is 37.7 Å². The molecule has 1 aliphatic carbocycles. The van der Waals surface area contributed by atoms with E-state index in [1.165, 1.54) is 12.1 Å². The summed E-state index contributed by atoms with van der Waals surface area (Å²) < 4.78 is 75.6. The predicted octanol–water partition coefficient (Wildman–Crippen LogP) is 3.19. The maximum Gasteiger partial charge on any atom is 0.534 e. The van der Waals surface area contributed by atoms with Crippen LogP contribution in [0.3, 0.4) is 0 Å². The van der Waals surface area contributed by atoms with Crippen LogP contribution in [0.5, 0.6) is 5.75 Å².